The predicted octanol–water partition coefficient (Wildman–Crippen LogP) is 0.533. The summed E-state index contributed by atoms with van der Waals surface area (Å²) in [6.45, 7) is 2.34. The van der Waals surface area contributed by atoms with Gasteiger partial charge in [0.15, 0.2) is 11.5 Å². The zero-order valence-electron chi connectivity index (χ0n) is 14.1. The monoisotopic (exact) mass is 347 g/mol. The Balaban J connectivity index is 1.85. The van der Waals surface area contributed by atoms with Gasteiger partial charge in [0.05, 0.1) is 13.7 Å². The van der Waals surface area contributed by atoms with Crippen molar-refractivity contribution in [3.63, 3.8) is 0 Å². The van der Waals surface area contributed by atoms with Gasteiger partial charge in [-0.1, -0.05) is 6.07 Å². The number of ether oxygens (including phenoxy) is 2. The van der Waals surface area contributed by atoms with Crippen molar-refractivity contribution < 1.29 is 23.9 Å². The van der Waals surface area contributed by atoms with Gasteiger partial charge in [0.2, 0.25) is 0 Å². The van der Waals surface area contributed by atoms with Crippen molar-refractivity contribution in [1.29, 1.82) is 0 Å². The molecule has 3 amide bonds. The smallest absolute Gasteiger partial charge is 0.327 e. The van der Waals surface area contributed by atoms with Crippen LogP contribution in [-0.4, -0.2) is 37.5 Å². The average Bonchev–Trinajstić information content (AvgIpc) is 3.42. The fraction of sp³-hybridized carbons (Fsp3) is 0.353. The predicted molar refractivity (Wildman–Crippen MR) is 90.6 cm³/mol. The van der Waals surface area contributed by atoms with E-state index < -0.39 is 17.7 Å². The highest BCUT2D eigenvalue weighted by molar-refractivity contribution is 6.35. The van der Waals surface area contributed by atoms with E-state index in [9.17, 15) is 14.4 Å². The molecule has 1 aliphatic carbocycles. The number of amides is 3. The molecule has 1 fully saturated rings. The molecule has 1 aliphatic rings. The van der Waals surface area contributed by atoms with E-state index in [0.717, 1.165) is 18.4 Å². The minimum absolute atomic E-state index is 0.0726. The molecule has 8 heteroatoms. The molecule has 2 rings (SSSR count). The fourth-order valence-corrected chi connectivity index (χ4v) is 1.93. The third kappa shape index (κ3) is 5.83. The van der Waals surface area contributed by atoms with E-state index in [4.69, 9.17) is 9.47 Å². The van der Waals surface area contributed by atoms with Crippen LogP contribution >= 0.6 is 0 Å². The lowest BCUT2D eigenvalue weighted by Gasteiger charge is -2.09. The Morgan fingerprint density at radius 1 is 1.16 bits per heavy atom. The van der Waals surface area contributed by atoms with Crippen LogP contribution in [0, 0.1) is 0 Å². The SMILES string of the molecule is CCOc1cc(/C=C/C(=O)NNC(=O)C(=O)NC2CC2)ccc1OC. The maximum Gasteiger partial charge on any atom is 0.327 e. The number of benzene rings is 1. The van der Waals surface area contributed by atoms with Crippen molar-refractivity contribution in [3.8, 4) is 11.5 Å². The number of methoxy groups -OCH3 is 1. The van der Waals surface area contributed by atoms with Crippen molar-refractivity contribution in [2.45, 2.75) is 25.8 Å². The van der Waals surface area contributed by atoms with Crippen LogP contribution in [-0.2, 0) is 14.4 Å². The Labute approximate surface area is 145 Å². The summed E-state index contributed by atoms with van der Waals surface area (Å²) in [6, 6.07) is 5.29. The summed E-state index contributed by atoms with van der Waals surface area (Å²) in [7, 11) is 1.54. The van der Waals surface area contributed by atoms with Gasteiger partial charge in [-0.15, -0.1) is 0 Å². The molecule has 0 bridgehead atoms. The Bertz CT molecular complexity index is 683. The molecule has 0 heterocycles. The molecule has 3 N–H and O–H groups in total. The second-order valence-electron chi connectivity index (χ2n) is 5.37. The summed E-state index contributed by atoms with van der Waals surface area (Å²) < 4.78 is 10.6. The maximum absolute atomic E-state index is 11.7. The third-order valence-electron chi connectivity index (χ3n) is 3.33. The number of hydrogen-bond donors (Lipinski definition) is 3. The molecule has 0 spiro atoms. The van der Waals surface area contributed by atoms with Crippen LogP contribution in [0.1, 0.15) is 25.3 Å². The highest BCUT2D eigenvalue weighted by atomic mass is 16.5. The van der Waals surface area contributed by atoms with Crippen molar-refractivity contribution in [2.75, 3.05) is 13.7 Å². The van der Waals surface area contributed by atoms with Gasteiger partial charge in [0.1, 0.15) is 0 Å². The Kier molecular flexibility index (Phi) is 6.39. The van der Waals surface area contributed by atoms with E-state index in [2.05, 4.69) is 16.2 Å². The molecule has 134 valence electrons. The summed E-state index contributed by atoms with van der Waals surface area (Å²) in [5, 5.41) is 2.52. The highest BCUT2D eigenvalue weighted by Gasteiger charge is 2.26. The van der Waals surface area contributed by atoms with Crippen molar-refractivity contribution in [3.05, 3.63) is 29.8 Å². The molecular formula is C17H21N3O5. The molecule has 0 aliphatic heterocycles. The Morgan fingerprint density at radius 2 is 1.92 bits per heavy atom. The van der Waals surface area contributed by atoms with Gasteiger partial charge >= 0.3 is 11.8 Å². The van der Waals surface area contributed by atoms with Crippen molar-refractivity contribution >= 4 is 23.8 Å². The second kappa shape index (κ2) is 8.72. The lowest BCUT2D eigenvalue weighted by Crippen LogP contribution is -2.48. The largest absolute Gasteiger partial charge is 0.493 e. The number of hydrogen-bond acceptors (Lipinski definition) is 5. The zero-order valence-corrected chi connectivity index (χ0v) is 14.1. The minimum Gasteiger partial charge on any atom is -0.493 e. The first-order valence-electron chi connectivity index (χ1n) is 7.93. The molecule has 1 aromatic carbocycles. The van der Waals surface area contributed by atoms with Crippen LogP contribution in [0.15, 0.2) is 24.3 Å². The lowest BCUT2D eigenvalue weighted by atomic mass is 10.2. The summed E-state index contributed by atoms with van der Waals surface area (Å²) in [4.78, 5) is 34.6. The normalized spacial score (nSPS) is 13.2. The molecule has 0 saturated heterocycles. The van der Waals surface area contributed by atoms with Crippen LogP contribution in [0.3, 0.4) is 0 Å². The number of hydrazine groups is 1. The number of rotatable bonds is 6. The van der Waals surface area contributed by atoms with Crippen molar-refractivity contribution in [1.82, 2.24) is 16.2 Å². The van der Waals surface area contributed by atoms with E-state index >= 15 is 0 Å². The molecule has 0 unspecified atom stereocenters. The molecule has 1 aromatic rings. The molecule has 0 radical (unpaired) electrons. The summed E-state index contributed by atoms with van der Waals surface area (Å²) in [5.41, 5.74) is 4.92. The molecule has 0 aromatic heterocycles. The lowest BCUT2D eigenvalue weighted by molar-refractivity contribution is -0.140. The van der Waals surface area contributed by atoms with E-state index in [1.165, 1.54) is 6.08 Å². The topological polar surface area (TPSA) is 106 Å². The van der Waals surface area contributed by atoms with E-state index in [0.29, 0.717) is 18.1 Å². The molecule has 8 nitrogen and oxygen atoms in total. The highest BCUT2D eigenvalue weighted by Crippen LogP contribution is 2.28. The molecule has 25 heavy (non-hydrogen) atoms. The fourth-order valence-electron chi connectivity index (χ4n) is 1.93. The van der Waals surface area contributed by atoms with Gasteiger partial charge in [-0.3, -0.25) is 25.2 Å². The summed E-state index contributed by atoms with van der Waals surface area (Å²) >= 11 is 0. The number of carbonyl (C=O) groups excluding carboxylic acids is 3. The summed E-state index contributed by atoms with van der Waals surface area (Å²) in [6.07, 6.45) is 4.53. The maximum atomic E-state index is 11.7. The number of carbonyl (C=O) groups is 3. The number of nitrogens with one attached hydrogen (secondary N) is 3. The van der Waals surface area contributed by atoms with E-state index in [1.807, 2.05) is 6.92 Å². The molecule has 0 atom stereocenters. The molecule has 1 saturated carbocycles. The van der Waals surface area contributed by atoms with E-state index in [1.54, 1.807) is 31.4 Å². The summed E-state index contributed by atoms with van der Waals surface area (Å²) in [5.74, 6) is -1.07. The first-order chi connectivity index (χ1) is 12.0. The van der Waals surface area contributed by atoms with Crippen LogP contribution in [0.5, 0.6) is 11.5 Å². The zero-order chi connectivity index (χ0) is 18.2. The van der Waals surface area contributed by atoms with Crippen LogP contribution in [0.2, 0.25) is 0 Å². The van der Waals surface area contributed by atoms with Gasteiger partial charge in [0.25, 0.3) is 5.91 Å². The van der Waals surface area contributed by atoms with Gasteiger partial charge in [0, 0.05) is 12.1 Å². The first-order valence-corrected chi connectivity index (χ1v) is 7.93. The van der Waals surface area contributed by atoms with E-state index in [-0.39, 0.29) is 6.04 Å². The minimum atomic E-state index is -0.906. The first kappa shape index (κ1) is 18.3. The second-order valence-corrected chi connectivity index (χ2v) is 5.37. The van der Waals surface area contributed by atoms with Crippen LogP contribution < -0.4 is 25.6 Å². The quantitative estimate of drug-likeness (QED) is 0.395. The van der Waals surface area contributed by atoms with Gasteiger partial charge in [-0.05, 0) is 43.5 Å². The Hall–Kier alpha value is -3.03. The van der Waals surface area contributed by atoms with Gasteiger partial charge in [-0.25, -0.2) is 0 Å². The van der Waals surface area contributed by atoms with Gasteiger partial charge < -0.3 is 14.8 Å². The van der Waals surface area contributed by atoms with Crippen molar-refractivity contribution in [2.24, 2.45) is 0 Å². The van der Waals surface area contributed by atoms with Crippen LogP contribution in [0.4, 0.5) is 0 Å². The standard InChI is InChI=1S/C17H21N3O5/c1-3-25-14-10-11(4-8-13(14)24-2)5-9-15(21)19-20-17(23)16(22)18-12-6-7-12/h4-5,8-10,12H,3,6-7H2,1-2H3,(H,18,22)(H,19,21)(H,20,23)/b9-5+. The third-order valence-corrected chi connectivity index (χ3v) is 3.33. The Morgan fingerprint density at radius 3 is 2.56 bits per heavy atom. The van der Waals surface area contributed by atoms with Gasteiger partial charge in [-0.2, -0.15) is 0 Å². The van der Waals surface area contributed by atoms with Crippen LogP contribution in [0.25, 0.3) is 6.08 Å². The average molecular weight is 347 g/mol. The molecular weight excluding hydrogens is 326 g/mol.